The van der Waals surface area contributed by atoms with Crippen LogP contribution in [0.3, 0.4) is 0 Å². The van der Waals surface area contributed by atoms with Crippen LogP contribution in [0, 0.1) is 0 Å². The largest absolute Gasteiger partial charge is 0.474 e. The Morgan fingerprint density at radius 1 is 1.29 bits per heavy atom. The highest BCUT2D eigenvalue weighted by Crippen LogP contribution is 2.25. The van der Waals surface area contributed by atoms with Crippen molar-refractivity contribution in [2.45, 2.75) is 45.1 Å². The standard InChI is InChI=1S/C14H21NO2/c1-14(2,3)11-4-7-15-13(10-11)17-12-5-8-16-9-6-12/h4,7,10,12H,5-6,8-9H2,1-3H3. The van der Waals surface area contributed by atoms with Crippen molar-refractivity contribution in [1.82, 2.24) is 4.98 Å². The summed E-state index contributed by atoms with van der Waals surface area (Å²) < 4.78 is 11.2. The molecule has 3 nitrogen and oxygen atoms in total. The summed E-state index contributed by atoms with van der Waals surface area (Å²) in [7, 11) is 0. The van der Waals surface area contributed by atoms with E-state index in [1.165, 1.54) is 5.56 Å². The van der Waals surface area contributed by atoms with E-state index in [4.69, 9.17) is 9.47 Å². The van der Waals surface area contributed by atoms with Gasteiger partial charge in [-0.3, -0.25) is 0 Å². The molecule has 0 N–H and O–H groups in total. The van der Waals surface area contributed by atoms with Crippen molar-refractivity contribution in [3.63, 3.8) is 0 Å². The van der Waals surface area contributed by atoms with Crippen LogP contribution < -0.4 is 4.74 Å². The number of hydrogen-bond acceptors (Lipinski definition) is 3. The highest BCUT2D eigenvalue weighted by Gasteiger charge is 2.18. The zero-order valence-electron chi connectivity index (χ0n) is 10.9. The number of nitrogens with zero attached hydrogens (tertiary/aromatic N) is 1. The van der Waals surface area contributed by atoms with E-state index in [0.29, 0.717) is 0 Å². The molecule has 0 unspecified atom stereocenters. The summed E-state index contributed by atoms with van der Waals surface area (Å²) in [4.78, 5) is 4.28. The van der Waals surface area contributed by atoms with Crippen molar-refractivity contribution < 1.29 is 9.47 Å². The van der Waals surface area contributed by atoms with Crippen LogP contribution in [0.25, 0.3) is 0 Å². The van der Waals surface area contributed by atoms with Gasteiger partial charge in [-0.1, -0.05) is 20.8 Å². The Kier molecular flexibility index (Phi) is 3.67. The SMILES string of the molecule is CC(C)(C)c1ccnc(OC2CCOCC2)c1. The highest BCUT2D eigenvalue weighted by atomic mass is 16.5. The average molecular weight is 235 g/mol. The van der Waals surface area contributed by atoms with Gasteiger partial charge in [-0.05, 0) is 17.0 Å². The first-order valence-electron chi connectivity index (χ1n) is 6.26. The molecule has 2 heterocycles. The van der Waals surface area contributed by atoms with Crippen LogP contribution in [-0.4, -0.2) is 24.3 Å². The number of hydrogen-bond donors (Lipinski definition) is 0. The van der Waals surface area contributed by atoms with Crippen LogP contribution in [-0.2, 0) is 10.2 Å². The van der Waals surface area contributed by atoms with Gasteiger partial charge in [-0.25, -0.2) is 4.98 Å². The van der Waals surface area contributed by atoms with E-state index in [1.54, 1.807) is 0 Å². The molecular formula is C14H21NO2. The fraction of sp³-hybridized carbons (Fsp3) is 0.643. The van der Waals surface area contributed by atoms with Gasteiger partial charge in [0.1, 0.15) is 6.10 Å². The van der Waals surface area contributed by atoms with Crippen molar-refractivity contribution in [2.75, 3.05) is 13.2 Å². The molecule has 1 aliphatic rings. The molecule has 0 saturated carbocycles. The first-order chi connectivity index (χ1) is 8.05. The zero-order valence-corrected chi connectivity index (χ0v) is 10.9. The quantitative estimate of drug-likeness (QED) is 0.789. The Hall–Kier alpha value is -1.09. The molecular weight excluding hydrogens is 214 g/mol. The average Bonchev–Trinajstić information content (AvgIpc) is 2.29. The molecule has 0 aromatic carbocycles. The molecule has 0 amide bonds. The first kappa shape index (κ1) is 12.4. The Balaban J connectivity index is 2.05. The Bertz CT molecular complexity index is 365. The van der Waals surface area contributed by atoms with Gasteiger partial charge in [0.15, 0.2) is 0 Å². The van der Waals surface area contributed by atoms with Crippen LogP contribution >= 0.6 is 0 Å². The molecule has 3 heteroatoms. The number of aromatic nitrogens is 1. The lowest BCUT2D eigenvalue weighted by atomic mass is 9.88. The summed E-state index contributed by atoms with van der Waals surface area (Å²) in [5.74, 6) is 0.740. The van der Waals surface area contributed by atoms with Gasteiger partial charge < -0.3 is 9.47 Å². The molecule has 1 fully saturated rings. The van der Waals surface area contributed by atoms with Crippen LogP contribution in [0.15, 0.2) is 18.3 Å². The second kappa shape index (κ2) is 5.05. The molecule has 1 aromatic heterocycles. The summed E-state index contributed by atoms with van der Waals surface area (Å²) in [6.45, 7) is 8.18. The summed E-state index contributed by atoms with van der Waals surface area (Å²) in [6.07, 6.45) is 4.00. The van der Waals surface area contributed by atoms with Gasteiger partial charge in [0.25, 0.3) is 0 Å². The number of rotatable bonds is 2. The fourth-order valence-electron chi connectivity index (χ4n) is 1.90. The van der Waals surface area contributed by atoms with E-state index < -0.39 is 0 Å². The molecule has 0 atom stereocenters. The molecule has 1 aliphatic heterocycles. The smallest absolute Gasteiger partial charge is 0.213 e. The van der Waals surface area contributed by atoms with Gasteiger partial charge in [-0.15, -0.1) is 0 Å². The minimum atomic E-state index is 0.136. The Labute approximate surface area is 103 Å². The minimum absolute atomic E-state index is 0.136. The molecule has 94 valence electrons. The lowest BCUT2D eigenvalue weighted by Gasteiger charge is -2.24. The van der Waals surface area contributed by atoms with Crippen molar-refractivity contribution in [1.29, 1.82) is 0 Å². The third-order valence-electron chi connectivity index (χ3n) is 3.06. The maximum absolute atomic E-state index is 5.90. The molecule has 17 heavy (non-hydrogen) atoms. The maximum Gasteiger partial charge on any atom is 0.213 e. The summed E-state index contributed by atoms with van der Waals surface area (Å²) in [5, 5.41) is 0. The van der Waals surface area contributed by atoms with E-state index in [-0.39, 0.29) is 11.5 Å². The van der Waals surface area contributed by atoms with Gasteiger partial charge >= 0.3 is 0 Å². The normalized spacial score (nSPS) is 18.1. The minimum Gasteiger partial charge on any atom is -0.474 e. The van der Waals surface area contributed by atoms with Crippen LogP contribution in [0.5, 0.6) is 5.88 Å². The fourth-order valence-corrected chi connectivity index (χ4v) is 1.90. The van der Waals surface area contributed by atoms with Crippen LogP contribution in [0.1, 0.15) is 39.2 Å². The first-order valence-corrected chi connectivity index (χ1v) is 6.26. The second-order valence-electron chi connectivity index (χ2n) is 5.56. The van der Waals surface area contributed by atoms with E-state index in [9.17, 15) is 0 Å². The number of pyridine rings is 1. The van der Waals surface area contributed by atoms with Crippen molar-refractivity contribution in [2.24, 2.45) is 0 Å². The van der Waals surface area contributed by atoms with Crippen molar-refractivity contribution >= 4 is 0 Å². The van der Waals surface area contributed by atoms with E-state index in [0.717, 1.165) is 31.9 Å². The molecule has 2 rings (SSSR count). The Morgan fingerprint density at radius 2 is 2.00 bits per heavy atom. The van der Waals surface area contributed by atoms with Crippen LogP contribution in [0.4, 0.5) is 0 Å². The van der Waals surface area contributed by atoms with Gasteiger partial charge in [0.2, 0.25) is 5.88 Å². The highest BCUT2D eigenvalue weighted by molar-refractivity contribution is 5.26. The molecule has 1 aromatic rings. The van der Waals surface area contributed by atoms with Gasteiger partial charge in [0.05, 0.1) is 13.2 Å². The van der Waals surface area contributed by atoms with E-state index in [2.05, 4.69) is 37.9 Å². The number of ether oxygens (including phenoxy) is 2. The van der Waals surface area contributed by atoms with Crippen molar-refractivity contribution in [3.05, 3.63) is 23.9 Å². The van der Waals surface area contributed by atoms with Crippen LogP contribution in [0.2, 0.25) is 0 Å². The van der Waals surface area contributed by atoms with E-state index >= 15 is 0 Å². The lowest BCUT2D eigenvalue weighted by Crippen LogP contribution is -2.26. The molecule has 1 saturated heterocycles. The van der Waals surface area contributed by atoms with Crippen molar-refractivity contribution in [3.8, 4) is 5.88 Å². The van der Waals surface area contributed by atoms with Gasteiger partial charge in [0, 0.05) is 25.1 Å². The molecule has 0 spiro atoms. The predicted octanol–water partition coefficient (Wildman–Crippen LogP) is 2.94. The zero-order chi connectivity index (χ0) is 12.3. The molecule has 0 bridgehead atoms. The van der Waals surface area contributed by atoms with E-state index in [1.807, 2.05) is 6.20 Å². The van der Waals surface area contributed by atoms with Gasteiger partial charge in [-0.2, -0.15) is 0 Å². The third-order valence-corrected chi connectivity index (χ3v) is 3.06. The summed E-state index contributed by atoms with van der Waals surface area (Å²) in [6, 6.07) is 4.10. The maximum atomic E-state index is 5.90. The topological polar surface area (TPSA) is 31.4 Å². The lowest BCUT2D eigenvalue weighted by molar-refractivity contribution is 0.0237. The molecule has 0 aliphatic carbocycles. The third kappa shape index (κ3) is 3.43. The monoisotopic (exact) mass is 235 g/mol. The second-order valence-corrected chi connectivity index (χ2v) is 5.56. The summed E-state index contributed by atoms with van der Waals surface area (Å²) >= 11 is 0. The predicted molar refractivity (Wildman–Crippen MR) is 67.4 cm³/mol. The molecule has 0 radical (unpaired) electrons. The summed E-state index contributed by atoms with van der Waals surface area (Å²) in [5.41, 5.74) is 1.39. The Morgan fingerprint density at radius 3 is 2.65 bits per heavy atom.